The second kappa shape index (κ2) is 7.56. The first-order chi connectivity index (χ1) is 11.7. The summed E-state index contributed by atoms with van der Waals surface area (Å²) in [5, 5.41) is 0.216. The van der Waals surface area contributed by atoms with E-state index in [1.807, 2.05) is 38.1 Å². The smallest absolute Gasteiger partial charge is 0.259 e. The molecule has 0 fully saturated rings. The monoisotopic (exact) mass is 380 g/mol. The first-order valence-corrected chi connectivity index (χ1v) is 9.61. The highest BCUT2D eigenvalue weighted by Crippen LogP contribution is 2.26. The maximum atomic E-state index is 13.0. The van der Waals surface area contributed by atoms with E-state index in [-0.39, 0.29) is 21.4 Å². The summed E-state index contributed by atoms with van der Waals surface area (Å²) in [5.74, 6) is -0.339. The van der Waals surface area contributed by atoms with Crippen LogP contribution in [0.4, 0.5) is 5.69 Å². The van der Waals surface area contributed by atoms with Crippen LogP contribution in [0, 0.1) is 6.92 Å². The molecule has 7 heteroatoms. The van der Waals surface area contributed by atoms with Crippen LogP contribution in [0.15, 0.2) is 47.4 Å². The second-order valence-corrected chi connectivity index (χ2v) is 8.38. The van der Waals surface area contributed by atoms with Crippen LogP contribution in [0.1, 0.15) is 22.8 Å². The van der Waals surface area contributed by atoms with Crippen LogP contribution in [-0.4, -0.2) is 39.3 Å². The summed E-state index contributed by atoms with van der Waals surface area (Å²) >= 11 is 6.18. The van der Waals surface area contributed by atoms with E-state index >= 15 is 0 Å². The Kier molecular flexibility index (Phi) is 5.87. The lowest BCUT2D eigenvalue weighted by Crippen LogP contribution is -2.31. The lowest BCUT2D eigenvalue weighted by molar-refractivity contribution is 0.0988. The number of hydrogen-bond donors (Lipinski definition) is 0. The van der Waals surface area contributed by atoms with Gasteiger partial charge in [-0.2, -0.15) is 0 Å². The van der Waals surface area contributed by atoms with Crippen molar-refractivity contribution in [1.29, 1.82) is 0 Å². The number of anilines is 1. The number of halogens is 1. The number of carbonyl (C=O) groups excluding carboxylic acids is 1. The van der Waals surface area contributed by atoms with Crippen molar-refractivity contribution < 1.29 is 13.2 Å². The fourth-order valence-corrected chi connectivity index (χ4v) is 3.55. The molecule has 0 aliphatic heterocycles. The molecule has 5 nitrogen and oxygen atoms in total. The first kappa shape index (κ1) is 19.4. The summed E-state index contributed by atoms with van der Waals surface area (Å²) in [7, 11) is -0.767. The van der Waals surface area contributed by atoms with Gasteiger partial charge in [0.05, 0.1) is 15.5 Å². The third-order valence-corrected chi connectivity index (χ3v) is 5.96. The Morgan fingerprint density at radius 3 is 2.36 bits per heavy atom. The predicted octanol–water partition coefficient (Wildman–Crippen LogP) is 3.57. The van der Waals surface area contributed by atoms with E-state index in [4.69, 9.17) is 11.6 Å². The number of aryl methyl sites for hydroxylation is 1. The van der Waals surface area contributed by atoms with Gasteiger partial charge in [0.25, 0.3) is 5.91 Å². The van der Waals surface area contributed by atoms with Crippen molar-refractivity contribution in [2.75, 3.05) is 25.5 Å². The van der Waals surface area contributed by atoms with Gasteiger partial charge < -0.3 is 4.90 Å². The molecule has 134 valence electrons. The molecule has 0 saturated carbocycles. The van der Waals surface area contributed by atoms with Crippen LogP contribution in [0.25, 0.3) is 0 Å². The van der Waals surface area contributed by atoms with E-state index in [0.717, 1.165) is 15.6 Å². The zero-order chi connectivity index (χ0) is 18.8. The average molecular weight is 381 g/mol. The van der Waals surface area contributed by atoms with Crippen molar-refractivity contribution in [3.05, 3.63) is 58.6 Å². The van der Waals surface area contributed by atoms with Crippen LogP contribution in [-0.2, 0) is 10.0 Å². The van der Waals surface area contributed by atoms with E-state index in [1.54, 1.807) is 4.90 Å². The summed E-state index contributed by atoms with van der Waals surface area (Å²) in [6, 6.07) is 11.7. The molecular weight excluding hydrogens is 360 g/mol. The minimum absolute atomic E-state index is 0.0329. The molecule has 0 saturated heterocycles. The molecule has 0 N–H and O–H groups in total. The zero-order valence-corrected chi connectivity index (χ0v) is 16.2. The number of nitrogens with zero attached hydrogens (tertiary/aromatic N) is 2. The normalized spacial score (nSPS) is 11.6. The molecule has 0 aromatic heterocycles. The summed E-state index contributed by atoms with van der Waals surface area (Å²) < 4.78 is 25.8. The standard InChI is InChI=1S/C18H21ClN2O3S/c1-5-21(14-8-6-7-13(2)11-14)18(22)16-12-15(9-10-17(16)19)25(23,24)20(3)4/h6-12H,5H2,1-4H3. The molecule has 1 amide bonds. The van der Waals surface area contributed by atoms with Gasteiger partial charge in [0.1, 0.15) is 0 Å². The Morgan fingerprint density at radius 1 is 1.12 bits per heavy atom. The van der Waals surface area contributed by atoms with E-state index in [2.05, 4.69) is 0 Å². The van der Waals surface area contributed by atoms with Crippen molar-refractivity contribution >= 4 is 33.2 Å². The van der Waals surface area contributed by atoms with Gasteiger partial charge in [-0.25, -0.2) is 12.7 Å². The van der Waals surface area contributed by atoms with Crippen LogP contribution in [0.2, 0.25) is 5.02 Å². The number of benzene rings is 2. The average Bonchev–Trinajstić information content (AvgIpc) is 2.55. The quantitative estimate of drug-likeness (QED) is 0.796. The molecule has 0 atom stereocenters. The van der Waals surface area contributed by atoms with Crippen molar-refractivity contribution in [1.82, 2.24) is 4.31 Å². The highest BCUT2D eigenvalue weighted by atomic mass is 35.5. The van der Waals surface area contributed by atoms with Crippen molar-refractivity contribution in [2.24, 2.45) is 0 Å². The van der Waals surface area contributed by atoms with Crippen LogP contribution in [0.3, 0.4) is 0 Å². The SMILES string of the molecule is CCN(C(=O)c1cc(S(=O)(=O)N(C)C)ccc1Cl)c1cccc(C)c1. The van der Waals surface area contributed by atoms with Gasteiger partial charge in [0.15, 0.2) is 0 Å². The summed E-state index contributed by atoms with van der Waals surface area (Å²) in [6.07, 6.45) is 0. The van der Waals surface area contributed by atoms with Crippen LogP contribution < -0.4 is 4.90 Å². The molecule has 2 rings (SSSR count). The molecule has 2 aromatic rings. The van der Waals surface area contributed by atoms with Crippen molar-refractivity contribution in [2.45, 2.75) is 18.7 Å². The van der Waals surface area contributed by atoms with Gasteiger partial charge in [-0.05, 0) is 49.7 Å². The third-order valence-electron chi connectivity index (χ3n) is 3.82. The Morgan fingerprint density at radius 2 is 1.80 bits per heavy atom. The topological polar surface area (TPSA) is 57.7 Å². The molecule has 2 aromatic carbocycles. The van der Waals surface area contributed by atoms with Gasteiger partial charge in [-0.3, -0.25) is 4.79 Å². The lowest BCUT2D eigenvalue weighted by Gasteiger charge is -2.22. The molecule has 0 bridgehead atoms. The van der Waals surface area contributed by atoms with Crippen LogP contribution in [0.5, 0.6) is 0 Å². The van der Waals surface area contributed by atoms with Crippen molar-refractivity contribution in [3.63, 3.8) is 0 Å². The van der Waals surface area contributed by atoms with Crippen LogP contribution >= 0.6 is 11.6 Å². The number of hydrogen-bond acceptors (Lipinski definition) is 3. The Hall–Kier alpha value is -1.89. The van der Waals surface area contributed by atoms with E-state index in [9.17, 15) is 13.2 Å². The molecule has 25 heavy (non-hydrogen) atoms. The predicted molar refractivity (Wildman–Crippen MR) is 101 cm³/mol. The number of rotatable bonds is 5. The number of amides is 1. The maximum absolute atomic E-state index is 13.0. The Labute approximate surface area is 153 Å². The molecule has 0 spiro atoms. The van der Waals surface area contributed by atoms with E-state index in [1.165, 1.54) is 32.3 Å². The van der Waals surface area contributed by atoms with E-state index < -0.39 is 10.0 Å². The third kappa shape index (κ3) is 4.03. The van der Waals surface area contributed by atoms with Crippen molar-refractivity contribution in [3.8, 4) is 0 Å². The molecule has 0 unspecified atom stereocenters. The van der Waals surface area contributed by atoms with Gasteiger partial charge in [0.2, 0.25) is 10.0 Å². The molecule has 0 aliphatic rings. The van der Waals surface area contributed by atoms with E-state index in [0.29, 0.717) is 6.54 Å². The fourth-order valence-electron chi connectivity index (χ4n) is 2.42. The van der Waals surface area contributed by atoms with Gasteiger partial charge in [0, 0.05) is 26.3 Å². The largest absolute Gasteiger partial charge is 0.309 e. The summed E-state index contributed by atoms with van der Waals surface area (Å²) in [5.41, 5.74) is 1.93. The zero-order valence-electron chi connectivity index (χ0n) is 14.7. The summed E-state index contributed by atoms with van der Waals surface area (Å²) in [4.78, 5) is 14.6. The lowest BCUT2D eigenvalue weighted by atomic mass is 10.1. The highest BCUT2D eigenvalue weighted by molar-refractivity contribution is 7.89. The molecule has 0 aliphatic carbocycles. The Bertz CT molecular complexity index is 895. The van der Waals surface area contributed by atoms with Gasteiger partial charge in [-0.15, -0.1) is 0 Å². The van der Waals surface area contributed by atoms with Gasteiger partial charge in [-0.1, -0.05) is 23.7 Å². The summed E-state index contributed by atoms with van der Waals surface area (Å²) in [6.45, 7) is 4.23. The number of sulfonamides is 1. The fraction of sp³-hybridized carbons (Fsp3) is 0.278. The molecular formula is C18H21ClN2O3S. The molecule has 0 radical (unpaired) electrons. The maximum Gasteiger partial charge on any atom is 0.259 e. The van der Waals surface area contributed by atoms with Gasteiger partial charge >= 0.3 is 0 Å². The molecule has 0 heterocycles. The minimum Gasteiger partial charge on any atom is -0.309 e. The Balaban J connectivity index is 2.51. The first-order valence-electron chi connectivity index (χ1n) is 7.79. The second-order valence-electron chi connectivity index (χ2n) is 5.82. The highest BCUT2D eigenvalue weighted by Gasteiger charge is 2.23. The minimum atomic E-state index is -3.65. The number of carbonyl (C=O) groups is 1.